The maximum absolute atomic E-state index is 13.7. The number of ether oxygens (including phenoxy) is 2. The van der Waals surface area contributed by atoms with Crippen molar-refractivity contribution in [2.24, 2.45) is 5.92 Å². The van der Waals surface area contributed by atoms with E-state index in [2.05, 4.69) is 10.3 Å². The number of hydrogen-bond acceptors (Lipinski definition) is 8. The van der Waals surface area contributed by atoms with Crippen LogP contribution in [0.4, 0.5) is 32.3 Å². The predicted octanol–water partition coefficient (Wildman–Crippen LogP) is 6.64. The van der Waals surface area contributed by atoms with Gasteiger partial charge in [-0.2, -0.15) is 26.3 Å². The molecule has 3 aliphatic rings. The second-order valence-electron chi connectivity index (χ2n) is 13.0. The molecule has 1 aromatic heterocycles. The zero-order valence-electron chi connectivity index (χ0n) is 27.7. The quantitative estimate of drug-likeness (QED) is 0.199. The Bertz CT molecular complexity index is 1870. The minimum atomic E-state index is -5.02. The lowest BCUT2D eigenvalue weighted by Gasteiger charge is -2.33. The van der Waals surface area contributed by atoms with Crippen LogP contribution in [0.3, 0.4) is 0 Å². The van der Waals surface area contributed by atoms with E-state index in [4.69, 9.17) is 14.5 Å². The van der Waals surface area contributed by atoms with Gasteiger partial charge in [-0.1, -0.05) is 18.2 Å². The van der Waals surface area contributed by atoms with Crippen molar-refractivity contribution in [2.45, 2.75) is 56.7 Å². The Kier molecular flexibility index (Phi) is 9.92. The first-order valence-electron chi connectivity index (χ1n) is 16.3. The molecule has 0 radical (unpaired) electrons. The monoisotopic (exact) mass is 718 g/mol. The van der Waals surface area contributed by atoms with Crippen LogP contribution in [0.5, 0.6) is 5.75 Å². The van der Waals surface area contributed by atoms with Gasteiger partial charge in [0.15, 0.2) is 0 Å². The van der Waals surface area contributed by atoms with Gasteiger partial charge >= 0.3 is 18.3 Å². The van der Waals surface area contributed by atoms with E-state index in [-0.39, 0.29) is 18.2 Å². The number of halogens is 6. The Balaban J connectivity index is 1.35. The second kappa shape index (κ2) is 13.9. The van der Waals surface area contributed by atoms with Gasteiger partial charge in [-0.25, -0.2) is 14.8 Å². The maximum Gasteiger partial charge on any atom is 0.416 e. The van der Waals surface area contributed by atoms with Crippen molar-refractivity contribution >= 4 is 11.9 Å². The van der Waals surface area contributed by atoms with Gasteiger partial charge in [-0.15, -0.1) is 0 Å². The van der Waals surface area contributed by atoms with Crippen LogP contribution in [0.2, 0.25) is 0 Å². The first-order valence-corrected chi connectivity index (χ1v) is 16.3. The van der Waals surface area contributed by atoms with Crippen LogP contribution in [0.15, 0.2) is 65.9 Å². The predicted molar refractivity (Wildman–Crippen MR) is 175 cm³/mol. The largest absolute Gasteiger partial charge is 0.496 e. The van der Waals surface area contributed by atoms with Crippen LogP contribution >= 0.6 is 0 Å². The van der Waals surface area contributed by atoms with Crippen LogP contribution in [-0.2, 0) is 11.3 Å². The van der Waals surface area contributed by atoms with Crippen molar-refractivity contribution in [2.75, 3.05) is 38.3 Å². The minimum Gasteiger partial charge on any atom is -0.496 e. The summed E-state index contributed by atoms with van der Waals surface area (Å²) in [5, 5.41) is 24.1. The summed E-state index contributed by atoms with van der Waals surface area (Å²) in [4.78, 5) is 23.0. The van der Waals surface area contributed by atoms with E-state index >= 15 is 0 Å². The van der Waals surface area contributed by atoms with Gasteiger partial charge in [0.25, 0.3) is 0 Å². The molecule has 0 bridgehead atoms. The normalized spacial score (nSPS) is 19.6. The van der Waals surface area contributed by atoms with E-state index in [9.17, 15) is 41.4 Å². The summed E-state index contributed by atoms with van der Waals surface area (Å²) in [7, 11) is 1.50. The fraction of sp³-hybridized carbons (Fsp3) is 0.417. The number of benzene rings is 2. The fourth-order valence-corrected chi connectivity index (χ4v) is 6.68. The number of aliphatic hydroxyl groups excluding tert-OH is 1. The van der Waals surface area contributed by atoms with Crippen molar-refractivity contribution in [3.63, 3.8) is 0 Å². The van der Waals surface area contributed by atoms with Gasteiger partial charge in [-0.3, -0.25) is 0 Å². The number of alkyl halides is 6. The van der Waals surface area contributed by atoms with Crippen LogP contribution in [0.1, 0.15) is 40.9 Å². The molecule has 2 atom stereocenters. The Labute approximate surface area is 289 Å². The Morgan fingerprint density at radius 3 is 2.39 bits per heavy atom. The first kappa shape index (κ1) is 36.3. The molecule has 3 N–H and O–H groups in total. The number of aromatic carboxylic acids is 1. The van der Waals surface area contributed by atoms with E-state index in [1.54, 1.807) is 31.3 Å². The highest BCUT2D eigenvalue weighted by molar-refractivity contribution is 5.89. The molecular weight excluding hydrogens is 682 g/mol. The summed E-state index contributed by atoms with van der Waals surface area (Å²) in [5.41, 5.74) is 0.0751. The highest BCUT2D eigenvalue weighted by Crippen LogP contribution is 2.48. The number of nitrogens with one attached hydrogen (secondary N) is 1. The number of carboxylic acid groups (broad SMARTS) is 1. The maximum atomic E-state index is 13.7. The molecule has 2 aliphatic carbocycles. The van der Waals surface area contributed by atoms with E-state index in [1.807, 2.05) is 17.0 Å². The Morgan fingerprint density at radius 1 is 1.06 bits per heavy atom. The molecule has 1 saturated carbocycles. The smallest absolute Gasteiger partial charge is 0.416 e. The van der Waals surface area contributed by atoms with Crippen molar-refractivity contribution in [3.05, 3.63) is 82.7 Å². The van der Waals surface area contributed by atoms with Gasteiger partial charge in [0.05, 0.1) is 43.3 Å². The molecule has 0 spiro atoms. The molecule has 2 aromatic carbocycles. The zero-order valence-corrected chi connectivity index (χ0v) is 27.7. The molecule has 6 rings (SSSR count). The average molecular weight is 719 g/mol. The second-order valence-corrected chi connectivity index (χ2v) is 13.0. The molecule has 2 unspecified atom stereocenters. The first-order chi connectivity index (χ1) is 24.1. The van der Waals surface area contributed by atoms with E-state index in [0.717, 1.165) is 16.7 Å². The molecule has 51 heavy (non-hydrogen) atoms. The summed E-state index contributed by atoms with van der Waals surface area (Å²) in [6.45, 7) is 3.79. The number of anilines is 1. The SMILES string of the molecule is COc1ccc(-c2ccc(C(=O)O)cc2C)cc1-c1cnc(N2CCOCC2)nc1CNC1(C(O)C2C=C(C(F)(F)F)C=C(C(F)(F)F)C2)CC1. The van der Waals surface area contributed by atoms with Crippen molar-refractivity contribution in [1.29, 1.82) is 0 Å². The van der Waals surface area contributed by atoms with E-state index in [0.29, 0.717) is 73.7 Å². The van der Waals surface area contributed by atoms with Gasteiger partial charge in [0, 0.05) is 54.0 Å². The molecule has 2 fully saturated rings. The molecule has 3 aromatic rings. The number of rotatable bonds is 10. The molecule has 272 valence electrons. The van der Waals surface area contributed by atoms with Crippen LogP contribution in [-0.4, -0.2) is 83.6 Å². The number of carbonyl (C=O) groups is 1. The van der Waals surface area contributed by atoms with Crippen LogP contribution < -0.4 is 15.0 Å². The van der Waals surface area contributed by atoms with E-state index in [1.165, 1.54) is 13.2 Å². The number of aliphatic hydroxyl groups is 1. The summed E-state index contributed by atoms with van der Waals surface area (Å²) in [6, 6.07) is 10.2. The molecule has 0 amide bonds. The minimum absolute atomic E-state index is 0.00347. The summed E-state index contributed by atoms with van der Waals surface area (Å²) in [6.07, 6.45) is -9.26. The summed E-state index contributed by atoms with van der Waals surface area (Å²) in [5.74, 6) is -1.60. The van der Waals surface area contributed by atoms with Gasteiger partial charge < -0.3 is 29.9 Å². The number of aromatic nitrogens is 2. The standard InChI is InChI=1S/C36H36F6N4O5/c1-20-13-22(32(48)49)3-5-26(20)21-4-6-30(50-2)27(16-21)28-18-43-33(46-9-11-51-12-10-46)45-29(28)19-44-34(7-8-34)31(47)23-14-24(35(37,38)39)17-25(15-23)36(40,41)42/h3-6,13-14,16-18,23,31,44,47H,7-12,15,19H2,1-2H3,(H,48,49). The van der Waals surface area contributed by atoms with Crippen molar-refractivity contribution in [3.8, 4) is 28.0 Å². The number of hydrogen-bond donors (Lipinski definition) is 3. The number of nitrogens with zero attached hydrogens (tertiary/aromatic N) is 3. The zero-order chi connectivity index (χ0) is 36.7. The highest BCUT2D eigenvalue weighted by Gasteiger charge is 2.53. The fourth-order valence-electron chi connectivity index (χ4n) is 6.68. The summed E-state index contributed by atoms with van der Waals surface area (Å²) < 4.78 is 93.1. The molecule has 9 nitrogen and oxygen atoms in total. The number of methoxy groups -OCH3 is 1. The number of allylic oxidation sites excluding steroid dienone is 3. The lowest BCUT2D eigenvalue weighted by Crippen LogP contribution is -2.47. The van der Waals surface area contributed by atoms with Crippen LogP contribution in [0.25, 0.3) is 22.3 Å². The molecule has 1 aliphatic heterocycles. The number of aryl methyl sites for hydroxylation is 1. The Morgan fingerprint density at radius 2 is 1.78 bits per heavy atom. The summed E-state index contributed by atoms with van der Waals surface area (Å²) >= 11 is 0. The van der Waals surface area contributed by atoms with Gasteiger partial charge in [0.1, 0.15) is 5.75 Å². The molecular formula is C36H36F6N4O5. The Hall–Kier alpha value is -4.47. The lowest BCUT2D eigenvalue weighted by molar-refractivity contribution is -0.102. The van der Waals surface area contributed by atoms with Gasteiger partial charge in [0.2, 0.25) is 5.95 Å². The molecule has 2 heterocycles. The van der Waals surface area contributed by atoms with Crippen molar-refractivity contribution in [1.82, 2.24) is 15.3 Å². The third kappa shape index (κ3) is 7.75. The molecule has 15 heteroatoms. The number of morpholine rings is 1. The highest BCUT2D eigenvalue weighted by atomic mass is 19.4. The van der Waals surface area contributed by atoms with Crippen LogP contribution in [0, 0.1) is 12.8 Å². The third-order valence-electron chi connectivity index (χ3n) is 9.66. The number of carboxylic acids is 1. The topological polar surface area (TPSA) is 117 Å². The van der Waals surface area contributed by atoms with E-state index < -0.39 is 53.4 Å². The third-order valence-corrected chi connectivity index (χ3v) is 9.66. The van der Waals surface area contributed by atoms with Gasteiger partial charge in [-0.05, 0) is 73.2 Å². The average Bonchev–Trinajstić information content (AvgIpc) is 3.90. The lowest BCUT2D eigenvalue weighted by atomic mass is 9.82. The van der Waals surface area contributed by atoms with Crippen molar-refractivity contribution < 1.29 is 50.8 Å². The molecule has 1 saturated heterocycles.